The van der Waals surface area contributed by atoms with Crippen LogP contribution in [0.2, 0.25) is 0 Å². The van der Waals surface area contributed by atoms with E-state index < -0.39 is 23.3 Å². The number of rotatable bonds is 6. The summed E-state index contributed by atoms with van der Waals surface area (Å²) >= 11 is 2.92. The standard InChI is InChI=1S/C21H19N3O4S2/c1-12-15(30-11-22-12)8-7-14-10-29-20-17(19(26)24(20)18(14)21(27)28)23-16(25)9-13-5-3-2-4-6-13/h2-8,11,17,20H,9-10H2,1H3,(H,23,25)(H,27,28)/t17-,20+/m1/s1. The van der Waals surface area contributed by atoms with Gasteiger partial charge in [0.2, 0.25) is 5.91 Å². The van der Waals surface area contributed by atoms with E-state index in [0.717, 1.165) is 16.1 Å². The fourth-order valence-corrected chi connectivity index (χ4v) is 5.44. The summed E-state index contributed by atoms with van der Waals surface area (Å²) < 4.78 is 0. The number of carboxylic acid groups (broad SMARTS) is 1. The Morgan fingerprint density at radius 1 is 1.30 bits per heavy atom. The van der Waals surface area contributed by atoms with Crippen LogP contribution in [0.1, 0.15) is 16.1 Å². The van der Waals surface area contributed by atoms with E-state index in [1.165, 1.54) is 28.0 Å². The summed E-state index contributed by atoms with van der Waals surface area (Å²) in [6, 6.07) is 8.55. The van der Waals surface area contributed by atoms with Crippen LogP contribution in [-0.2, 0) is 20.8 Å². The van der Waals surface area contributed by atoms with Crippen molar-refractivity contribution in [3.05, 3.63) is 69.3 Å². The lowest BCUT2D eigenvalue weighted by Crippen LogP contribution is -2.70. The van der Waals surface area contributed by atoms with Crippen LogP contribution >= 0.6 is 23.1 Å². The maximum Gasteiger partial charge on any atom is 0.352 e. The number of benzene rings is 1. The number of allylic oxidation sites excluding steroid dienone is 1. The van der Waals surface area contributed by atoms with Crippen molar-refractivity contribution in [1.29, 1.82) is 0 Å². The molecule has 2 N–H and O–H groups in total. The molecule has 0 spiro atoms. The number of β-lactam (4-membered cyclic amide) rings is 1. The molecular formula is C21H19N3O4S2. The fourth-order valence-electron chi connectivity index (χ4n) is 3.42. The topological polar surface area (TPSA) is 99.6 Å². The summed E-state index contributed by atoms with van der Waals surface area (Å²) in [6.45, 7) is 1.88. The number of nitrogens with one attached hydrogen (secondary N) is 1. The monoisotopic (exact) mass is 441 g/mol. The van der Waals surface area contributed by atoms with Gasteiger partial charge in [-0.25, -0.2) is 9.78 Å². The van der Waals surface area contributed by atoms with E-state index >= 15 is 0 Å². The lowest BCUT2D eigenvalue weighted by molar-refractivity contribution is -0.150. The Morgan fingerprint density at radius 3 is 2.73 bits per heavy atom. The molecule has 154 valence electrons. The smallest absolute Gasteiger partial charge is 0.352 e. The minimum atomic E-state index is -1.15. The minimum Gasteiger partial charge on any atom is -0.477 e. The van der Waals surface area contributed by atoms with Gasteiger partial charge in [0.05, 0.1) is 17.6 Å². The molecule has 1 aromatic heterocycles. The van der Waals surface area contributed by atoms with E-state index in [0.29, 0.717) is 11.3 Å². The molecule has 2 aromatic rings. The molecule has 4 rings (SSSR count). The number of fused-ring (bicyclic) bond motifs is 1. The van der Waals surface area contributed by atoms with Crippen molar-refractivity contribution in [3.8, 4) is 0 Å². The molecule has 2 amide bonds. The van der Waals surface area contributed by atoms with Gasteiger partial charge in [-0.3, -0.25) is 14.5 Å². The molecule has 7 nitrogen and oxygen atoms in total. The summed E-state index contributed by atoms with van der Waals surface area (Å²) in [4.78, 5) is 43.4. The van der Waals surface area contributed by atoms with Gasteiger partial charge in [0, 0.05) is 10.6 Å². The first-order valence-electron chi connectivity index (χ1n) is 9.28. The van der Waals surface area contributed by atoms with Crippen LogP contribution in [0.4, 0.5) is 0 Å². The van der Waals surface area contributed by atoms with Gasteiger partial charge in [0.25, 0.3) is 5.91 Å². The number of carbonyl (C=O) groups is 3. The normalized spacial score (nSPS) is 20.8. The lowest BCUT2D eigenvalue weighted by atomic mass is 10.0. The van der Waals surface area contributed by atoms with Gasteiger partial charge in [-0.15, -0.1) is 23.1 Å². The number of hydrogen-bond acceptors (Lipinski definition) is 6. The van der Waals surface area contributed by atoms with Gasteiger partial charge < -0.3 is 10.4 Å². The molecule has 3 heterocycles. The van der Waals surface area contributed by atoms with Crippen LogP contribution in [-0.4, -0.2) is 49.9 Å². The molecule has 2 aliphatic rings. The molecule has 0 aliphatic carbocycles. The van der Waals surface area contributed by atoms with Gasteiger partial charge >= 0.3 is 5.97 Å². The van der Waals surface area contributed by atoms with E-state index in [9.17, 15) is 19.5 Å². The Kier molecular flexibility index (Phi) is 5.74. The van der Waals surface area contributed by atoms with Crippen LogP contribution in [0.5, 0.6) is 0 Å². The van der Waals surface area contributed by atoms with Crippen molar-refractivity contribution in [1.82, 2.24) is 15.2 Å². The maximum absolute atomic E-state index is 12.7. The van der Waals surface area contributed by atoms with Crippen LogP contribution < -0.4 is 5.32 Å². The lowest BCUT2D eigenvalue weighted by Gasteiger charge is -2.49. The average Bonchev–Trinajstić information content (AvgIpc) is 3.15. The number of aromatic nitrogens is 1. The minimum absolute atomic E-state index is 0.0178. The second-order valence-electron chi connectivity index (χ2n) is 6.93. The molecule has 1 aromatic carbocycles. The van der Waals surface area contributed by atoms with Gasteiger partial charge in [0.15, 0.2) is 0 Å². The third-order valence-corrected chi connectivity index (χ3v) is 7.14. The summed E-state index contributed by atoms with van der Waals surface area (Å²) in [5.74, 6) is -1.36. The van der Waals surface area contributed by atoms with E-state index in [4.69, 9.17) is 0 Å². The highest BCUT2D eigenvalue weighted by Gasteiger charge is 2.53. The van der Waals surface area contributed by atoms with E-state index in [2.05, 4.69) is 10.3 Å². The Hall–Kier alpha value is -2.91. The van der Waals surface area contributed by atoms with Crippen molar-refractivity contribution < 1.29 is 19.5 Å². The zero-order valence-corrected chi connectivity index (χ0v) is 17.7. The second-order valence-corrected chi connectivity index (χ2v) is 8.92. The molecular weight excluding hydrogens is 422 g/mol. The van der Waals surface area contributed by atoms with Gasteiger partial charge in [-0.1, -0.05) is 36.4 Å². The van der Waals surface area contributed by atoms with Gasteiger partial charge in [0.1, 0.15) is 17.1 Å². The predicted molar refractivity (Wildman–Crippen MR) is 116 cm³/mol. The average molecular weight is 442 g/mol. The zero-order valence-electron chi connectivity index (χ0n) is 16.1. The summed E-state index contributed by atoms with van der Waals surface area (Å²) in [7, 11) is 0. The van der Waals surface area contributed by atoms with Crippen LogP contribution in [0.25, 0.3) is 6.08 Å². The van der Waals surface area contributed by atoms with Gasteiger partial charge in [-0.2, -0.15) is 0 Å². The molecule has 0 bridgehead atoms. The first kappa shape index (κ1) is 20.4. The van der Waals surface area contributed by atoms with Crippen molar-refractivity contribution >= 4 is 47.0 Å². The number of amides is 2. The highest BCUT2D eigenvalue weighted by molar-refractivity contribution is 8.00. The first-order valence-corrected chi connectivity index (χ1v) is 11.2. The summed E-state index contributed by atoms with van der Waals surface area (Å²) in [5, 5.41) is 12.1. The number of aliphatic carboxylic acids is 1. The third kappa shape index (κ3) is 3.90. The van der Waals surface area contributed by atoms with Crippen LogP contribution in [0, 0.1) is 6.92 Å². The van der Waals surface area contributed by atoms with Crippen molar-refractivity contribution in [2.45, 2.75) is 24.8 Å². The zero-order chi connectivity index (χ0) is 21.3. The number of aryl methyl sites for hydroxylation is 1. The third-order valence-electron chi connectivity index (χ3n) is 4.94. The Bertz CT molecular complexity index is 1060. The maximum atomic E-state index is 12.7. The highest BCUT2D eigenvalue weighted by Crippen LogP contribution is 2.40. The molecule has 0 unspecified atom stereocenters. The number of hydrogen-bond donors (Lipinski definition) is 2. The van der Waals surface area contributed by atoms with Crippen molar-refractivity contribution in [2.24, 2.45) is 0 Å². The number of thiazole rings is 1. The largest absolute Gasteiger partial charge is 0.477 e. The van der Waals surface area contributed by atoms with E-state index in [-0.39, 0.29) is 18.0 Å². The SMILES string of the molecule is Cc1ncsc1C=CC1=C(C(=O)O)N2C(=O)[C@@H](NC(=O)Cc3ccccc3)[C@@H]2SC1. The molecule has 0 radical (unpaired) electrons. The van der Waals surface area contributed by atoms with Crippen molar-refractivity contribution in [2.75, 3.05) is 5.75 Å². The Labute approximate surface area is 181 Å². The summed E-state index contributed by atoms with van der Waals surface area (Å²) in [6.07, 6.45) is 3.74. The molecule has 1 saturated heterocycles. The number of carbonyl (C=O) groups excluding carboxylic acids is 2. The fraction of sp³-hybridized carbons (Fsp3) is 0.238. The number of carboxylic acids is 1. The highest BCUT2D eigenvalue weighted by atomic mass is 32.2. The van der Waals surface area contributed by atoms with Crippen LogP contribution in [0.3, 0.4) is 0 Å². The first-order chi connectivity index (χ1) is 14.5. The molecule has 30 heavy (non-hydrogen) atoms. The quantitative estimate of drug-likeness (QED) is 0.668. The predicted octanol–water partition coefficient (Wildman–Crippen LogP) is 2.45. The molecule has 2 aliphatic heterocycles. The van der Waals surface area contributed by atoms with E-state index in [1.54, 1.807) is 11.6 Å². The summed E-state index contributed by atoms with van der Waals surface area (Å²) in [5.41, 5.74) is 4.01. The van der Waals surface area contributed by atoms with Gasteiger partial charge in [-0.05, 0) is 24.1 Å². The second kappa shape index (κ2) is 8.45. The Morgan fingerprint density at radius 2 is 2.07 bits per heavy atom. The molecule has 0 saturated carbocycles. The Balaban J connectivity index is 1.49. The molecule has 1 fully saturated rings. The van der Waals surface area contributed by atoms with E-state index in [1.807, 2.05) is 43.3 Å². The number of nitrogens with zero attached hydrogens (tertiary/aromatic N) is 2. The number of thioether (sulfide) groups is 1. The van der Waals surface area contributed by atoms with Crippen LogP contribution in [0.15, 0.2) is 53.2 Å². The molecule has 2 atom stereocenters. The molecule has 9 heteroatoms. The van der Waals surface area contributed by atoms with Crippen molar-refractivity contribution in [3.63, 3.8) is 0 Å².